The van der Waals surface area contributed by atoms with Crippen LogP contribution in [0.1, 0.15) is 15.9 Å². The second-order valence-electron chi connectivity index (χ2n) is 3.95. The lowest BCUT2D eigenvalue weighted by atomic mass is 10.0. The molecule has 0 amide bonds. The van der Waals surface area contributed by atoms with Gasteiger partial charge in [0.05, 0.1) is 18.4 Å². The van der Waals surface area contributed by atoms with Crippen molar-refractivity contribution in [2.45, 2.75) is 12.1 Å². The summed E-state index contributed by atoms with van der Waals surface area (Å²) in [7, 11) is 1.38. The van der Waals surface area contributed by atoms with Gasteiger partial charge >= 0.3 is 5.97 Å². The molecule has 0 bridgehead atoms. The molecule has 0 radical (unpaired) electrons. The Morgan fingerprint density at radius 1 is 1.32 bits per heavy atom. The number of esters is 1. The highest BCUT2D eigenvalue weighted by Gasteiger charge is 2.11. The molecule has 0 N–H and O–H groups in total. The molecule has 19 heavy (non-hydrogen) atoms. The van der Waals surface area contributed by atoms with E-state index in [-0.39, 0.29) is 5.97 Å². The molecule has 1 heterocycles. The summed E-state index contributed by atoms with van der Waals surface area (Å²) in [6, 6.07) is 7.45. The van der Waals surface area contributed by atoms with Crippen molar-refractivity contribution < 1.29 is 9.53 Å². The van der Waals surface area contributed by atoms with Gasteiger partial charge in [-0.3, -0.25) is 0 Å². The van der Waals surface area contributed by atoms with Gasteiger partial charge in [-0.05, 0) is 30.9 Å². The number of rotatable bonds is 3. The molecular weight excluding hydrogens is 260 g/mol. The fraction of sp³-hybridized carbons (Fsp3) is 0.214. The summed E-state index contributed by atoms with van der Waals surface area (Å²) in [5.41, 5.74) is 3.12. The number of hydrogen-bond acceptors (Lipinski definition) is 5. The molecule has 2 aromatic rings. The second-order valence-corrected chi connectivity index (χ2v) is 4.72. The smallest absolute Gasteiger partial charge is 0.338 e. The number of hydrogen-bond donors (Lipinski definition) is 0. The predicted octanol–water partition coefficient (Wildman–Crippen LogP) is 2.96. The molecule has 98 valence electrons. The third kappa shape index (κ3) is 2.93. The molecule has 0 aliphatic rings. The van der Waals surface area contributed by atoms with Gasteiger partial charge in [0, 0.05) is 11.8 Å². The second kappa shape index (κ2) is 5.84. The quantitative estimate of drug-likeness (QED) is 0.489. The van der Waals surface area contributed by atoms with Crippen LogP contribution in [0.3, 0.4) is 0 Å². The van der Waals surface area contributed by atoms with Gasteiger partial charge in [0.15, 0.2) is 5.16 Å². The lowest BCUT2D eigenvalue weighted by molar-refractivity contribution is 0.0600. The molecule has 0 atom stereocenters. The minimum absolute atomic E-state index is 0.335. The van der Waals surface area contributed by atoms with Crippen molar-refractivity contribution in [3.63, 3.8) is 0 Å². The van der Waals surface area contributed by atoms with E-state index in [1.54, 1.807) is 12.3 Å². The first-order chi connectivity index (χ1) is 9.15. The van der Waals surface area contributed by atoms with Crippen LogP contribution in [0.25, 0.3) is 11.3 Å². The first kappa shape index (κ1) is 13.5. The minimum atomic E-state index is -0.335. The molecule has 0 saturated heterocycles. The van der Waals surface area contributed by atoms with Crippen LogP contribution in [-0.4, -0.2) is 29.3 Å². The molecule has 0 fully saturated rings. The lowest BCUT2D eigenvalue weighted by Gasteiger charge is -2.07. The zero-order valence-electron chi connectivity index (χ0n) is 11.0. The molecule has 0 saturated carbocycles. The van der Waals surface area contributed by atoms with E-state index in [0.717, 1.165) is 16.8 Å². The number of benzene rings is 1. The summed E-state index contributed by atoms with van der Waals surface area (Å²) in [5, 5.41) is 0.706. The molecule has 1 aromatic carbocycles. The molecule has 2 rings (SSSR count). The van der Waals surface area contributed by atoms with Crippen LogP contribution in [0.15, 0.2) is 35.6 Å². The largest absolute Gasteiger partial charge is 0.465 e. The molecule has 5 heteroatoms. The Hall–Kier alpha value is -1.88. The van der Waals surface area contributed by atoms with Crippen molar-refractivity contribution in [3.8, 4) is 11.3 Å². The van der Waals surface area contributed by atoms with E-state index < -0.39 is 0 Å². The minimum Gasteiger partial charge on any atom is -0.465 e. The topological polar surface area (TPSA) is 52.1 Å². The maximum Gasteiger partial charge on any atom is 0.338 e. The van der Waals surface area contributed by atoms with E-state index in [1.165, 1.54) is 18.9 Å². The van der Waals surface area contributed by atoms with Crippen LogP contribution in [0.2, 0.25) is 0 Å². The number of nitrogens with zero attached hydrogens (tertiary/aromatic N) is 2. The monoisotopic (exact) mass is 274 g/mol. The third-order valence-electron chi connectivity index (χ3n) is 2.75. The average Bonchev–Trinajstić information content (AvgIpc) is 2.47. The van der Waals surface area contributed by atoms with E-state index >= 15 is 0 Å². The van der Waals surface area contributed by atoms with Crippen LogP contribution in [-0.2, 0) is 4.74 Å². The molecule has 1 aromatic heterocycles. The molecular formula is C14H14N2O2S. The Bertz CT molecular complexity index is 614. The van der Waals surface area contributed by atoms with Crippen molar-refractivity contribution in [2.75, 3.05) is 13.4 Å². The first-order valence-corrected chi connectivity index (χ1v) is 6.94. The lowest BCUT2D eigenvalue weighted by Crippen LogP contribution is -2.04. The Kier molecular flexibility index (Phi) is 4.16. The van der Waals surface area contributed by atoms with E-state index in [4.69, 9.17) is 4.74 Å². The fourth-order valence-electron chi connectivity index (χ4n) is 1.71. The normalized spacial score (nSPS) is 10.3. The van der Waals surface area contributed by atoms with E-state index in [2.05, 4.69) is 9.97 Å². The van der Waals surface area contributed by atoms with Crippen LogP contribution < -0.4 is 0 Å². The van der Waals surface area contributed by atoms with Gasteiger partial charge in [-0.25, -0.2) is 14.8 Å². The van der Waals surface area contributed by atoms with Gasteiger partial charge in [0.1, 0.15) is 0 Å². The Morgan fingerprint density at radius 2 is 2.11 bits per heavy atom. The molecule has 0 spiro atoms. The zero-order valence-corrected chi connectivity index (χ0v) is 11.8. The number of thioether (sulfide) groups is 1. The van der Waals surface area contributed by atoms with Crippen molar-refractivity contribution >= 4 is 17.7 Å². The Morgan fingerprint density at radius 3 is 2.79 bits per heavy atom. The Balaban J connectivity index is 2.48. The van der Waals surface area contributed by atoms with Gasteiger partial charge in [0.25, 0.3) is 0 Å². The first-order valence-electron chi connectivity index (χ1n) is 5.72. The molecule has 0 aliphatic carbocycles. The third-order valence-corrected chi connectivity index (χ3v) is 3.32. The summed E-state index contributed by atoms with van der Waals surface area (Å²) in [6.45, 7) is 1.88. The standard InChI is InChI=1S/C14H14N2O2S/c1-9-4-5-10(8-11(9)13(17)18-2)12-6-7-15-14(16-12)19-3/h4-8H,1-3H3. The van der Waals surface area contributed by atoms with E-state index in [1.807, 2.05) is 31.4 Å². The van der Waals surface area contributed by atoms with Gasteiger partial charge in [-0.15, -0.1) is 0 Å². The number of carbonyl (C=O) groups is 1. The zero-order chi connectivity index (χ0) is 13.8. The van der Waals surface area contributed by atoms with Gasteiger partial charge in [0.2, 0.25) is 0 Å². The molecule has 0 aliphatic heterocycles. The fourth-order valence-corrected chi connectivity index (χ4v) is 2.07. The maximum atomic E-state index is 11.7. The van der Waals surface area contributed by atoms with E-state index in [0.29, 0.717) is 10.7 Å². The predicted molar refractivity (Wildman–Crippen MR) is 75.3 cm³/mol. The van der Waals surface area contributed by atoms with Crippen LogP contribution in [0.4, 0.5) is 0 Å². The highest BCUT2D eigenvalue weighted by Crippen LogP contribution is 2.22. The SMILES string of the molecule is COC(=O)c1cc(-c2ccnc(SC)n2)ccc1C. The van der Waals surface area contributed by atoms with Gasteiger partial charge < -0.3 is 4.74 Å². The van der Waals surface area contributed by atoms with Crippen LogP contribution in [0.5, 0.6) is 0 Å². The number of ether oxygens (including phenoxy) is 1. The molecule has 0 unspecified atom stereocenters. The number of methoxy groups -OCH3 is 1. The summed E-state index contributed by atoms with van der Waals surface area (Å²) in [4.78, 5) is 20.2. The summed E-state index contributed by atoms with van der Waals surface area (Å²) < 4.78 is 4.78. The van der Waals surface area contributed by atoms with Crippen LogP contribution >= 0.6 is 11.8 Å². The maximum absolute atomic E-state index is 11.7. The molecule has 4 nitrogen and oxygen atoms in total. The Labute approximate surface area is 116 Å². The highest BCUT2D eigenvalue weighted by atomic mass is 32.2. The summed E-state index contributed by atoms with van der Waals surface area (Å²) >= 11 is 1.48. The van der Waals surface area contributed by atoms with Crippen molar-refractivity contribution in [2.24, 2.45) is 0 Å². The van der Waals surface area contributed by atoms with Crippen LogP contribution in [0, 0.1) is 6.92 Å². The van der Waals surface area contributed by atoms with Crippen molar-refractivity contribution in [1.82, 2.24) is 9.97 Å². The summed E-state index contributed by atoms with van der Waals surface area (Å²) in [6.07, 6.45) is 3.64. The highest BCUT2D eigenvalue weighted by molar-refractivity contribution is 7.98. The number of aromatic nitrogens is 2. The number of carbonyl (C=O) groups excluding carboxylic acids is 1. The van der Waals surface area contributed by atoms with E-state index in [9.17, 15) is 4.79 Å². The van der Waals surface area contributed by atoms with Crippen molar-refractivity contribution in [1.29, 1.82) is 0 Å². The summed E-state index contributed by atoms with van der Waals surface area (Å²) in [5.74, 6) is -0.335. The average molecular weight is 274 g/mol. The van der Waals surface area contributed by atoms with Crippen molar-refractivity contribution in [3.05, 3.63) is 41.6 Å². The van der Waals surface area contributed by atoms with Gasteiger partial charge in [-0.2, -0.15) is 0 Å². The van der Waals surface area contributed by atoms with Gasteiger partial charge in [-0.1, -0.05) is 23.9 Å². The number of aryl methyl sites for hydroxylation is 1.